The van der Waals surface area contributed by atoms with Gasteiger partial charge < -0.3 is 18.9 Å². The van der Waals surface area contributed by atoms with Crippen molar-refractivity contribution in [2.75, 3.05) is 20.3 Å². The van der Waals surface area contributed by atoms with Gasteiger partial charge in [0.1, 0.15) is 11.5 Å². The van der Waals surface area contributed by atoms with Gasteiger partial charge in [-0.05, 0) is 46.3 Å². The van der Waals surface area contributed by atoms with Crippen LogP contribution >= 0.6 is 15.9 Å². The molecule has 3 rings (SSSR count). The molecule has 1 fully saturated rings. The maximum atomic E-state index is 12.5. The van der Waals surface area contributed by atoms with E-state index in [1.54, 1.807) is 37.4 Å². The fourth-order valence-corrected chi connectivity index (χ4v) is 2.97. The summed E-state index contributed by atoms with van der Waals surface area (Å²) in [7, 11) is 1.55. The lowest BCUT2D eigenvalue weighted by Crippen LogP contribution is -2.33. The Morgan fingerprint density at radius 3 is 2.54 bits per heavy atom. The standard InChI is InChI=1S/C20H21BrO5/c1-20(2)11-24-19(25-12-20)13-5-4-6-15(9-13)26-18(22)16-10-14(23-3)7-8-17(16)21/h4-10,19H,11-12H2,1-3H3. The lowest BCUT2D eigenvalue weighted by atomic mass is 9.95. The van der Waals surface area contributed by atoms with Crippen molar-refractivity contribution >= 4 is 21.9 Å². The molecule has 6 heteroatoms. The number of carbonyl (C=O) groups is 1. The molecule has 138 valence electrons. The molecular formula is C20H21BrO5. The molecule has 2 aromatic rings. The van der Waals surface area contributed by atoms with E-state index in [-0.39, 0.29) is 5.41 Å². The number of benzene rings is 2. The zero-order valence-corrected chi connectivity index (χ0v) is 16.5. The fourth-order valence-electron chi connectivity index (χ4n) is 2.56. The smallest absolute Gasteiger partial charge is 0.344 e. The summed E-state index contributed by atoms with van der Waals surface area (Å²) in [4.78, 5) is 12.5. The summed E-state index contributed by atoms with van der Waals surface area (Å²) < 4.78 is 22.9. The van der Waals surface area contributed by atoms with E-state index in [1.165, 1.54) is 0 Å². The highest BCUT2D eigenvalue weighted by molar-refractivity contribution is 9.10. The van der Waals surface area contributed by atoms with E-state index in [0.717, 1.165) is 5.56 Å². The van der Waals surface area contributed by atoms with Gasteiger partial charge in [0.15, 0.2) is 6.29 Å². The molecule has 1 aliphatic heterocycles. The van der Waals surface area contributed by atoms with Crippen molar-refractivity contribution in [2.45, 2.75) is 20.1 Å². The van der Waals surface area contributed by atoms with Gasteiger partial charge in [-0.2, -0.15) is 0 Å². The Labute approximate surface area is 161 Å². The van der Waals surface area contributed by atoms with Crippen molar-refractivity contribution in [3.8, 4) is 11.5 Å². The van der Waals surface area contributed by atoms with Crippen LogP contribution in [0.1, 0.15) is 36.1 Å². The third kappa shape index (κ3) is 4.44. The third-order valence-corrected chi connectivity index (χ3v) is 4.68. The zero-order valence-electron chi connectivity index (χ0n) is 15.0. The molecule has 0 saturated carbocycles. The number of hydrogen-bond acceptors (Lipinski definition) is 5. The number of methoxy groups -OCH3 is 1. The maximum Gasteiger partial charge on any atom is 0.344 e. The molecule has 0 unspecified atom stereocenters. The van der Waals surface area contributed by atoms with E-state index in [4.69, 9.17) is 18.9 Å². The molecule has 5 nitrogen and oxygen atoms in total. The van der Waals surface area contributed by atoms with Crippen LogP contribution in [0.15, 0.2) is 46.9 Å². The van der Waals surface area contributed by atoms with Crippen molar-refractivity contribution in [1.82, 2.24) is 0 Å². The van der Waals surface area contributed by atoms with Crippen LogP contribution in [0.3, 0.4) is 0 Å². The summed E-state index contributed by atoms with van der Waals surface area (Å²) in [6, 6.07) is 12.3. The van der Waals surface area contributed by atoms with Gasteiger partial charge in [-0.1, -0.05) is 26.0 Å². The Morgan fingerprint density at radius 1 is 1.12 bits per heavy atom. The average molecular weight is 421 g/mol. The predicted octanol–water partition coefficient (Wildman–Crippen LogP) is 4.75. The van der Waals surface area contributed by atoms with Gasteiger partial charge in [0.2, 0.25) is 0 Å². The molecule has 0 aromatic heterocycles. The number of esters is 1. The Bertz CT molecular complexity index is 793. The molecule has 0 amide bonds. The second kappa shape index (κ2) is 7.78. The lowest BCUT2D eigenvalue weighted by molar-refractivity contribution is -0.226. The van der Waals surface area contributed by atoms with Gasteiger partial charge in [-0.15, -0.1) is 0 Å². The average Bonchev–Trinajstić information content (AvgIpc) is 2.62. The van der Waals surface area contributed by atoms with Gasteiger partial charge in [0, 0.05) is 15.5 Å². The van der Waals surface area contributed by atoms with Gasteiger partial charge >= 0.3 is 5.97 Å². The van der Waals surface area contributed by atoms with Crippen LogP contribution in [-0.4, -0.2) is 26.3 Å². The van der Waals surface area contributed by atoms with E-state index in [2.05, 4.69) is 29.8 Å². The van der Waals surface area contributed by atoms with Crippen molar-refractivity contribution in [3.05, 3.63) is 58.1 Å². The number of carbonyl (C=O) groups excluding carboxylic acids is 1. The molecule has 1 saturated heterocycles. The predicted molar refractivity (Wildman–Crippen MR) is 101 cm³/mol. The summed E-state index contributed by atoms with van der Waals surface area (Å²) in [6.45, 7) is 5.40. The Balaban J connectivity index is 1.74. The minimum Gasteiger partial charge on any atom is -0.497 e. The van der Waals surface area contributed by atoms with E-state index in [9.17, 15) is 4.79 Å². The second-order valence-electron chi connectivity index (χ2n) is 6.93. The monoisotopic (exact) mass is 420 g/mol. The maximum absolute atomic E-state index is 12.5. The first-order chi connectivity index (χ1) is 12.4. The van der Waals surface area contributed by atoms with Crippen LogP contribution in [0, 0.1) is 5.41 Å². The van der Waals surface area contributed by atoms with Crippen molar-refractivity contribution in [2.24, 2.45) is 5.41 Å². The highest BCUT2D eigenvalue weighted by Gasteiger charge is 2.29. The first-order valence-electron chi connectivity index (χ1n) is 8.27. The van der Waals surface area contributed by atoms with Crippen molar-refractivity contribution in [1.29, 1.82) is 0 Å². The van der Waals surface area contributed by atoms with E-state index in [1.807, 2.05) is 12.1 Å². The highest BCUT2D eigenvalue weighted by atomic mass is 79.9. The van der Waals surface area contributed by atoms with Crippen LogP contribution in [0.5, 0.6) is 11.5 Å². The van der Waals surface area contributed by atoms with Crippen molar-refractivity contribution < 1.29 is 23.7 Å². The molecule has 0 aliphatic carbocycles. The number of ether oxygens (including phenoxy) is 4. The van der Waals surface area contributed by atoms with Crippen LogP contribution in [0.4, 0.5) is 0 Å². The van der Waals surface area contributed by atoms with Crippen LogP contribution in [0.25, 0.3) is 0 Å². The molecule has 1 aliphatic rings. The summed E-state index contributed by atoms with van der Waals surface area (Å²) in [5, 5.41) is 0. The molecule has 0 atom stereocenters. The van der Waals surface area contributed by atoms with Gasteiger partial charge in [0.05, 0.1) is 25.9 Å². The normalized spacial score (nSPS) is 16.9. The lowest BCUT2D eigenvalue weighted by Gasteiger charge is -2.34. The van der Waals surface area contributed by atoms with E-state index >= 15 is 0 Å². The third-order valence-electron chi connectivity index (χ3n) is 3.99. The highest BCUT2D eigenvalue weighted by Crippen LogP contribution is 2.32. The molecule has 0 spiro atoms. The summed E-state index contributed by atoms with van der Waals surface area (Å²) in [5.74, 6) is 0.541. The number of hydrogen-bond donors (Lipinski definition) is 0. The van der Waals surface area contributed by atoms with E-state index in [0.29, 0.717) is 34.7 Å². The quantitative estimate of drug-likeness (QED) is 0.527. The van der Waals surface area contributed by atoms with Crippen LogP contribution < -0.4 is 9.47 Å². The molecule has 0 bridgehead atoms. The first-order valence-corrected chi connectivity index (χ1v) is 9.06. The minimum absolute atomic E-state index is 0.000775. The number of halogens is 1. The second-order valence-corrected chi connectivity index (χ2v) is 7.78. The van der Waals surface area contributed by atoms with Gasteiger partial charge in [-0.3, -0.25) is 0 Å². The number of rotatable bonds is 4. The summed E-state index contributed by atoms with van der Waals surface area (Å²) >= 11 is 3.36. The molecule has 26 heavy (non-hydrogen) atoms. The molecule has 0 N–H and O–H groups in total. The fraction of sp³-hybridized carbons (Fsp3) is 0.350. The molecule has 2 aromatic carbocycles. The summed E-state index contributed by atoms with van der Waals surface area (Å²) in [6.07, 6.45) is -0.453. The SMILES string of the molecule is COc1ccc(Br)c(C(=O)Oc2cccc(C3OCC(C)(C)CO3)c2)c1. The van der Waals surface area contributed by atoms with Crippen LogP contribution in [-0.2, 0) is 9.47 Å². The summed E-state index contributed by atoms with van der Waals surface area (Å²) in [5.41, 5.74) is 1.20. The Kier molecular flexibility index (Phi) is 5.65. The zero-order chi connectivity index (χ0) is 18.7. The van der Waals surface area contributed by atoms with Gasteiger partial charge in [-0.25, -0.2) is 4.79 Å². The van der Waals surface area contributed by atoms with Crippen molar-refractivity contribution in [3.63, 3.8) is 0 Å². The van der Waals surface area contributed by atoms with Gasteiger partial charge in [0.25, 0.3) is 0 Å². The van der Waals surface area contributed by atoms with Crippen LogP contribution in [0.2, 0.25) is 0 Å². The topological polar surface area (TPSA) is 54.0 Å². The van der Waals surface area contributed by atoms with E-state index < -0.39 is 12.3 Å². The Hall–Kier alpha value is -1.89. The molecular weight excluding hydrogens is 400 g/mol. The molecule has 0 radical (unpaired) electrons. The molecule has 1 heterocycles. The minimum atomic E-state index is -0.473. The Morgan fingerprint density at radius 2 is 1.85 bits per heavy atom. The largest absolute Gasteiger partial charge is 0.497 e. The first kappa shape index (κ1) is 18.9.